The van der Waals surface area contributed by atoms with Crippen molar-refractivity contribution >= 4 is 23.2 Å². The van der Waals surface area contributed by atoms with Crippen molar-refractivity contribution in [3.63, 3.8) is 0 Å². The SMILES string of the molecule is CCCN1CC(CC#N)Cn2nc(N)c(C(=O)Nc3cnccc3OCCOC)c21. The van der Waals surface area contributed by atoms with E-state index in [1.165, 1.54) is 6.20 Å². The number of nitrogens with two attached hydrogens (primary N) is 1. The van der Waals surface area contributed by atoms with Crippen molar-refractivity contribution in [3.05, 3.63) is 24.0 Å². The Hall–Kier alpha value is -3.32. The number of fused-ring (bicyclic) bond motifs is 1. The number of nitrogen functional groups attached to an aromatic ring is 1. The summed E-state index contributed by atoms with van der Waals surface area (Å²) in [6.45, 7) is 4.82. The number of ether oxygens (including phenoxy) is 2. The number of nitrogens with one attached hydrogen (secondary N) is 1. The first-order chi connectivity index (χ1) is 14.6. The summed E-state index contributed by atoms with van der Waals surface area (Å²) < 4.78 is 12.4. The molecule has 3 heterocycles. The minimum Gasteiger partial charge on any atom is -0.489 e. The van der Waals surface area contributed by atoms with Gasteiger partial charge in [0, 0.05) is 51.3 Å². The summed E-state index contributed by atoms with van der Waals surface area (Å²) in [4.78, 5) is 19.3. The Morgan fingerprint density at radius 1 is 1.43 bits per heavy atom. The normalized spacial score (nSPS) is 15.4. The van der Waals surface area contributed by atoms with E-state index in [2.05, 4.69) is 33.3 Å². The van der Waals surface area contributed by atoms with Gasteiger partial charge in [-0.05, 0) is 6.42 Å². The zero-order chi connectivity index (χ0) is 21.5. The van der Waals surface area contributed by atoms with E-state index in [1.54, 1.807) is 24.1 Å². The molecule has 3 N–H and O–H groups in total. The molecule has 0 aromatic carbocycles. The molecule has 0 saturated heterocycles. The summed E-state index contributed by atoms with van der Waals surface area (Å²) >= 11 is 0. The monoisotopic (exact) mass is 413 g/mol. The van der Waals surface area contributed by atoms with Crippen LogP contribution in [0.5, 0.6) is 5.75 Å². The molecule has 2 aromatic heterocycles. The largest absolute Gasteiger partial charge is 0.489 e. The van der Waals surface area contributed by atoms with Crippen LogP contribution in [0.15, 0.2) is 18.5 Å². The van der Waals surface area contributed by atoms with Crippen LogP contribution in [0.25, 0.3) is 0 Å². The molecular formula is C20H27N7O3. The molecule has 2 aromatic rings. The summed E-state index contributed by atoms with van der Waals surface area (Å²) in [5, 5.41) is 16.3. The van der Waals surface area contributed by atoms with Crippen molar-refractivity contribution in [2.75, 3.05) is 49.4 Å². The van der Waals surface area contributed by atoms with E-state index in [0.29, 0.717) is 55.5 Å². The number of nitriles is 1. The number of carbonyl (C=O) groups excluding carboxylic acids is 1. The van der Waals surface area contributed by atoms with Crippen LogP contribution in [0.4, 0.5) is 17.3 Å². The third-order valence-electron chi connectivity index (χ3n) is 4.84. The lowest BCUT2D eigenvalue weighted by atomic mass is 10.0. The van der Waals surface area contributed by atoms with E-state index >= 15 is 0 Å². The van der Waals surface area contributed by atoms with E-state index in [-0.39, 0.29) is 17.6 Å². The quantitative estimate of drug-likeness (QED) is 0.596. The fourth-order valence-corrected chi connectivity index (χ4v) is 3.58. The molecular weight excluding hydrogens is 386 g/mol. The van der Waals surface area contributed by atoms with Crippen LogP contribution in [0.2, 0.25) is 0 Å². The van der Waals surface area contributed by atoms with Gasteiger partial charge in [0.25, 0.3) is 5.91 Å². The Morgan fingerprint density at radius 3 is 3.00 bits per heavy atom. The Bertz CT molecular complexity index is 922. The molecule has 1 amide bonds. The van der Waals surface area contributed by atoms with E-state index in [1.807, 2.05) is 0 Å². The molecule has 0 radical (unpaired) electrons. The van der Waals surface area contributed by atoms with Gasteiger partial charge in [-0.25, -0.2) is 4.68 Å². The van der Waals surface area contributed by atoms with Gasteiger partial charge in [-0.15, -0.1) is 0 Å². The summed E-state index contributed by atoms with van der Waals surface area (Å²) in [6.07, 6.45) is 4.44. The molecule has 30 heavy (non-hydrogen) atoms. The zero-order valence-corrected chi connectivity index (χ0v) is 17.3. The van der Waals surface area contributed by atoms with Gasteiger partial charge in [-0.2, -0.15) is 10.4 Å². The van der Waals surface area contributed by atoms with Crippen molar-refractivity contribution in [2.24, 2.45) is 5.92 Å². The third kappa shape index (κ3) is 4.63. The second-order valence-electron chi connectivity index (χ2n) is 7.11. The molecule has 1 atom stereocenters. The van der Waals surface area contributed by atoms with Crippen LogP contribution in [-0.2, 0) is 11.3 Å². The molecule has 160 valence electrons. The van der Waals surface area contributed by atoms with Crippen LogP contribution in [0.1, 0.15) is 30.1 Å². The van der Waals surface area contributed by atoms with Crippen molar-refractivity contribution in [2.45, 2.75) is 26.3 Å². The number of aromatic nitrogens is 3. The van der Waals surface area contributed by atoms with Crippen LogP contribution >= 0.6 is 0 Å². The number of hydrogen-bond donors (Lipinski definition) is 2. The van der Waals surface area contributed by atoms with E-state index in [9.17, 15) is 4.79 Å². The van der Waals surface area contributed by atoms with Gasteiger partial charge in [-0.1, -0.05) is 6.92 Å². The Labute approximate surface area is 175 Å². The minimum atomic E-state index is -0.377. The molecule has 1 aliphatic rings. The molecule has 10 nitrogen and oxygen atoms in total. The number of carbonyl (C=O) groups is 1. The molecule has 10 heteroatoms. The highest BCUT2D eigenvalue weighted by molar-refractivity contribution is 6.11. The number of nitrogens with zero attached hydrogens (tertiary/aromatic N) is 5. The van der Waals surface area contributed by atoms with Gasteiger partial charge in [0.2, 0.25) is 0 Å². The van der Waals surface area contributed by atoms with Crippen LogP contribution in [0.3, 0.4) is 0 Å². The second kappa shape index (κ2) is 9.93. The minimum absolute atomic E-state index is 0.142. The van der Waals surface area contributed by atoms with Crippen LogP contribution in [-0.4, -0.2) is 54.1 Å². The summed E-state index contributed by atoms with van der Waals surface area (Å²) in [5.41, 5.74) is 6.91. The van der Waals surface area contributed by atoms with Crippen molar-refractivity contribution in [1.29, 1.82) is 5.26 Å². The predicted molar refractivity (Wildman–Crippen MR) is 112 cm³/mol. The first-order valence-corrected chi connectivity index (χ1v) is 9.94. The first kappa shape index (κ1) is 21.4. The molecule has 3 rings (SSSR count). The second-order valence-corrected chi connectivity index (χ2v) is 7.11. The summed E-state index contributed by atoms with van der Waals surface area (Å²) in [5.74, 6) is 1.11. The summed E-state index contributed by atoms with van der Waals surface area (Å²) in [7, 11) is 1.59. The standard InChI is InChI=1S/C20H27N7O3/c1-3-8-26-12-14(4-6-21)13-27-20(26)17(18(22)25-27)19(28)24-15-11-23-7-5-16(15)30-10-9-29-2/h5,7,11,14H,3-4,8-10,12-13H2,1-2H3,(H2,22,25)(H,24,28). The number of rotatable bonds is 9. The highest BCUT2D eigenvalue weighted by atomic mass is 16.5. The maximum Gasteiger partial charge on any atom is 0.263 e. The van der Waals surface area contributed by atoms with Crippen molar-refractivity contribution in [1.82, 2.24) is 14.8 Å². The zero-order valence-electron chi connectivity index (χ0n) is 17.3. The predicted octanol–water partition coefficient (Wildman–Crippen LogP) is 1.90. The molecule has 1 aliphatic heterocycles. The highest BCUT2D eigenvalue weighted by Crippen LogP contribution is 2.33. The maximum absolute atomic E-state index is 13.2. The lowest BCUT2D eigenvalue weighted by Gasteiger charge is -2.34. The lowest BCUT2D eigenvalue weighted by molar-refractivity contribution is 0.102. The van der Waals surface area contributed by atoms with Crippen molar-refractivity contribution < 1.29 is 14.3 Å². The lowest BCUT2D eigenvalue weighted by Crippen LogP contribution is -2.39. The van der Waals surface area contributed by atoms with E-state index < -0.39 is 0 Å². The fraction of sp³-hybridized carbons (Fsp3) is 0.500. The molecule has 0 spiro atoms. The van der Waals surface area contributed by atoms with Crippen LogP contribution < -0.4 is 20.7 Å². The summed E-state index contributed by atoms with van der Waals surface area (Å²) in [6, 6.07) is 3.91. The average molecular weight is 413 g/mol. The maximum atomic E-state index is 13.2. The molecule has 0 aliphatic carbocycles. The van der Waals surface area contributed by atoms with Gasteiger partial charge < -0.3 is 25.4 Å². The Morgan fingerprint density at radius 2 is 2.27 bits per heavy atom. The van der Waals surface area contributed by atoms with Gasteiger partial charge in [0.1, 0.15) is 29.4 Å². The van der Waals surface area contributed by atoms with Gasteiger partial charge in [-0.3, -0.25) is 9.78 Å². The van der Waals surface area contributed by atoms with Gasteiger partial charge >= 0.3 is 0 Å². The Kier molecular flexibility index (Phi) is 7.08. The third-order valence-corrected chi connectivity index (χ3v) is 4.84. The topological polar surface area (TPSA) is 131 Å². The number of amides is 1. The number of anilines is 3. The number of methoxy groups -OCH3 is 1. The van der Waals surface area contributed by atoms with Gasteiger partial charge in [0.05, 0.1) is 18.9 Å². The Balaban J connectivity index is 1.87. The van der Waals surface area contributed by atoms with Gasteiger partial charge in [0.15, 0.2) is 5.82 Å². The highest BCUT2D eigenvalue weighted by Gasteiger charge is 2.32. The van der Waals surface area contributed by atoms with E-state index in [0.717, 1.165) is 13.0 Å². The van der Waals surface area contributed by atoms with Crippen LogP contribution in [0, 0.1) is 17.2 Å². The number of pyridine rings is 1. The van der Waals surface area contributed by atoms with Crippen molar-refractivity contribution in [3.8, 4) is 11.8 Å². The number of hydrogen-bond acceptors (Lipinski definition) is 8. The average Bonchev–Trinajstić information content (AvgIpc) is 3.06. The molecule has 0 saturated carbocycles. The van der Waals surface area contributed by atoms with E-state index in [4.69, 9.17) is 20.5 Å². The molecule has 0 fully saturated rings. The smallest absolute Gasteiger partial charge is 0.263 e. The fourth-order valence-electron chi connectivity index (χ4n) is 3.58. The molecule has 1 unspecified atom stereocenters. The first-order valence-electron chi connectivity index (χ1n) is 9.94. The molecule has 0 bridgehead atoms.